The van der Waals surface area contributed by atoms with Crippen LogP contribution in [0.5, 0.6) is 0 Å². The fraction of sp³-hybridized carbons (Fsp3) is 0.562. The Morgan fingerprint density at radius 3 is 2.67 bits per heavy atom. The van der Waals surface area contributed by atoms with Crippen LogP contribution >= 0.6 is 0 Å². The van der Waals surface area contributed by atoms with Gasteiger partial charge in [-0.15, -0.1) is 0 Å². The zero-order valence-corrected chi connectivity index (χ0v) is 14.2. The minimum Gasteiger partial charge on any atom is -0.395 e. The van der Waals surface area contributed by atoms with Crippen LogP contribution in [0.3, 0.4) is 0 Å². The fourth-order valence-electron chi connectivity index (χ4n) is 3.16. The van der Waals surface area contributed by atoms with Crippen molar-refractivity contribution in [1.29, 1.82) is 0 Å². The third kappa shape index (κ3) is 3.76. The third-order valence-electron chi connectivity index (χ3n) is 4.51. The molecule has 0 radical (unpaired) electrons. The summed E-state index contributed by atoms with van der Waals surface area (Å²) in [6.07, 6.45) is 0.672. The topological polar surface area (TPSA) is 72.9 Å². The largest absolute Gasteiger partial charge is 0.395 e. The molecule has 2 amide bonds. The maximum absolute atomic E-state index is 13.0. The standard InChI is InChI=1S/C16H22FN3O3S/c17-12-1-3-14(4-2-12)24(23)15-5-7-19(10-15)16(22)20-8-6-18-13(9-20)11-21/h1-4,13,15,18,21H,5-11H2/t13-,15?,24?/m0/s1. The molecule has 2 fully saturated rings. The Morgan fingerprint density at radius 1 is 1.25 bits per heavy atom. The van der Waals surface area contributed by atoms with Crippen LogP contribution in [0.15, 0.2) is 29.2 Å². The molecule has 0 spiro atoms. The number of likely N-dealkylation sites (tertiary alicyclic amines) is 1. The van der Waals surface area contributed by atoms with Gasteiger partial charge in [-0.1, -0.05) is 0 Å². The molecule has 3 rings (SSSR count). The summed E-state index contributed by atoms with van der Waals surface area (Å²) >= 11 is 0. The first-order valence-electron chi connectivity index (χ1n) is 8.12. The fourth-order valence-corrected chi connectivity index (χ4v) is 4.58. The number of nitrogens with zero attached hydrogens (tertiary/aromatic N) is 2. The third-order valence-corrected chi connectivity index (χ3v) is 6.24. The van der Waals surface area contributed by atoms with E-state index in [1.807, 2.05) is 0 Å². The van der Waals surface area contributed by atoms with Gasteiger partial charge in [0, 0.05) is 43.7 Å². The van der Waals surface area contributed by atoms with Crippen LogP contribution in [0.2, 0.25) is 0 Å². The van der Waals surface area contributed by atoms with Crippen molar-refractivity contribution in [3.8, 4) is 0 Å². The van der Waals surface area contributed by atoms with E-state index in [0.717, 1.165) is 0 Å². The van der Waals surface area contributed by atoms with Crippen molar-refractivity contribution in [3.63, 3.8) is 0 Å². The van der Waals surface area contributed by atoms with Gasteiger partial charge in [-0.05, 0) is 30.7 Å². The van der Waals surface area contributed by atoms with Crippen molar-refractivity contribution in [2.75, 3.05) is 39.3 Å². The highest BCUT2D eigenvalue weighted by atomic mass is 32.2. The molecule has 6 nitrogen and oxygen atoms in total. The number of aliphatic hydroxyl groups excluding tert-OH is 1. The Balaban J connectivity index is 1.59. The van der Waals surface area contributed by atoms with E-state index >= 15 is 0 Å². The van der Waals surface area contributed by atoms with Crippen molar-refractivity contribution in [2.24, 2.45) is 0 Å². The van der Waals surface area contributed by atoms with Gasteiger partial charge in [0.2, 0.25) is 0 Å². The van der Waals surface area contributed by atoms with Crippen LogP contribution in [0.1, 0.15) is 6.42 Å². The second-order valence-electron chi connectivity index (χ2n) is 6.17. The lowest BCUT2D eigenvalue weighted by Gasteiger charge is -2.35. The molecule has 2 aliphatic heterocycles. The highest BCUT2D eigenvalue weighted by Crippen LogP contribution is 2.22. The molecule has 132 valence electrons. The van der Waals surface area contributed by atoms with Crippen LogP contribution < -0.4 is 5.32 Å². The van der Waals surface area contributed by atoms with Crippen LogP contribution in [-0.2, 0) is 10.8 Å². The maximum atomic E-state index is 13.0. The average molecular weight is 355 g/mol. The van der Waals surface area contributed by atoms with Gasteiger partial charge in [0.1, 0.15) is 5.82 Å². The van der Waals surface area contributed by atoms with E-state index in [2.05, 4.69) is 5.32 Å². The number of carbonyl (C=O) groups excluding carboxylic acids is 1. The van der Waals surface area contributed by atoms with Gasteiger partial charge in [-0.25, -0.2) is 9.18 Å². The molecule has 2 unspecified atom stereocenters. The molecule has 8 heteroatoms. The van der Waals surface area contributed by atoms with Gasteiger partial charge in [0.15, 0.2) is 0 Å². The number of halogens is 1. The number of piperazine rings is 1. The molecule has 0 bridgehead atoms. The summed E-state index contributed by atoms with van der Waals surface area (Å²) in [5.41, 5.74) is 0. The molecule has 2 aliphatic rings. The molecule has 0 aromatic heterocycles. The van der Waals surface area contributed by atoms with Crippen molar-refractivity contribution >= 4 is 16.8 Å². The van der Waals surface area contributed by atoms with Gasteiger partial charge >= 0.3 is 6.03 Å². The lowest BCUT2D eigenvalue weighted by atomic mass is 10.2. The van der Waals surface area contributed by atoms with Crippen molar-refractivity contribution in [3.05, 3.63) is 30.1 Å². The Kier molecular flexibility index (Phi) is 5.47. The van der Waals surface area contributed by atoms with Gasteiger partial charge in [0.05, 0.1) is 22.7 Å². The maximum Gasteiger partial charge on any atom is 0.320 e. The number of rotatable bonds is 3. The van der Waals surface area contributed by atoms with Crippen molar-refractivity contribution < 1.29 is 18.5 Å². The summed E-state index contributed by atoms with van der Waals surface area (Å²) in [6, 6.07) is 5.54. The van der Waals surface area contributed by atoms with Crippen LogP contribution in [0.4, 0.5) is 9.18 Å². The number of hydrogen-bond donors (Lipinski definition) is 2. The molecular weight excluding hydrogens is 333 g/mol. The Labute approximate surface area is 143 Å². The van der Waals surface area contributed by atoms with Gasteiger partial charge < -0.3 is 20.2 Å². The highest BCUT2D eigenvalue weighted by molar-refractivity contribution is 7.85. The van der Waals surface area contributed by atoms with Gasteiger partial charge in [0.25, 0.3) is 0 Å². The molecule has 24 heavy (non-hydrogen) atoms. The van der Waals surface area contributed by atoms with Crippen LogP contribution in [-0.4, -0.2) is 75.8 Å². The van der Waals surface area contributed by atoms with Crippen LogP contribution in [0, 0.1) is 5.82 Å². The number of nitrogens with one attached hydrogen (secondary N) is 1. The minimum atomic E-state index is -1.25. The van der Waals surface area contributed by atoms with E-state index < -0.39 is 10.8 Å². The molecule has 2 saturated heterocycles. The van der Waals surface area contributed by atoms with E-state index in [-0.39, 0.29) is 29.7 Å². The summed E-state index contributed by atoms with van der Waals surface area (Å²) in [5.74, 6) is -0.351. The smallest absolute Gasteiger partial charge is 0.320 e. The number of aliphatic hydroxyl groups is 1. The number of hydrogen-bond acceptors (Lipinski definition) is 4. The summed E-state index contributed by atoms with van der Waals surface area (Å²) in [4.78, 5) is 16.7. The second-order valence-corrected chi connectivity index (χ2v) is 7.90. The lowest BCUT2D eigenvalue weighted by molar-refractivity contribution is 0.128. The number of urea groups is 1. The second kappa shape index (κ2) is 7.58. The SMILES string of the molecule is O=C(N1CCC(S(=O)c2ccc(F)cc2)C1)N1CCN[C@H](CO)C1. The van der Waals surface area contributed by atoms with E-state index in [9.17, 15) is 18.5 Å². The average Bonchev–Trinajstić information content (AvgIpc) is 3.11. The summed E-state index contributed by atoms with van der Waals surface area (Å²) in [7, 11) is -1.25. The van der Waals surface area contributed by atoms with E-state index in [0.29, 0.717) is 44.0 Å². The van der Waals surface area contributed by atoms with E-state index in [1.165, 1.54) is 24.3 Å². The van der Waals surface area contributed by atoms with Gasteiger partial charge in [-0.3, -0.25) is 4.21 Å². The van der Waals surface area contributed by atoms with Crippen molar-refractivity contribution in [1.82, 2.24) is 15.1 Å². The Morgan fingerprint density at radius 2 is 1.96 bits per heavy atom. The molecule has 3 atom stereocenters. The van der Waals surface area contributed by atoms with Crippen LogP contribution in [0.25, 0.3) is 0 Å². The lowest BCUT2D eigenvalue weighted by Crippen LogP contribution is -2.56. The van der Waals surface area contributed by atoms with Crippen molar-refractivity contribution in [2.45, 2.75) is 22.6 Å². The first kappa shape index (κ1) is 17.3. The predicted octanol–water partition coefficient (Wildman–Crippen LogP) is 0.394. The monoisotopic (exact) mass is 355 g/mol. The zero-order chi connectivity index (χ0) is 17.1. The summed E-state index contributed by atoms with van der Waals surface area (Å²) < 4.78 is 25.6. The first-order chi connectivity index (χ1) is 11.6. The number of amides is 2. The molecular formula is C16H22FN3O3S. The number of carbonyl (C=O) groups is 1. The highest BCUT2D eigenvalue weighted by Gasteiger charge is 2.34. The Bertz CT molecular complexity index is 613. The van der Waals surface area contributed by atoms with E-state index in [4.69, 9.17) is 0 Å². The Hall–Kier alpha value is -1.51. The number of benzene rings is 1. The molecule has 0 aliphatic carbocycles. The zero-order valence-electron chi connectivity index (χ0n) is 13.4. The molecule has 0 saturated carbocycles. The first-order valence-corrected chi connectivity index (χ1v) is 9.34. The summed E-state index contributed by atoms with van der Waals surface area (Å²) in [5, 5.41) is 12.3. The van der Waals surface area contributed by atoms with E-state index in [1.54, 1.807) is 9.80 Å². The van der Waals surface area contributed by atoms with Gasteiger partial charge in [-0.2, -0.15) is 0 Å². The molecule has 2 heterocycles. The predicted molar refractivity (Wildman–Crippen MR) is 88.6 cm³/mol. The molecule has 1 aromatic rings. The quantitative estimate of drug-likeness (QED) is 0.823. The summed E-state index contributed by atoms with van der Waals surface area (Å²) in [6.45, 7) is 2.77. The minimum absolute atomic E-state index is 0.000981. The normalized spacial score (nSPS) is 25.8. The molecule has 2 N–H and O–H groups in total. The molecule has 1 aromatic carbocycles.